The Kier molecular flexibility index (Phi) is 4.04. The minimum Gasteiger partial charge on any atom is -0.286 e. The van der Waals surface area contributed by atoms with Gasteiger partial charge in [0.25, 0.3) is 0 Å². The quantitative estimate of drug-likeness (QED) is 0.473. The first-order chi connectivity index (χ1) is 9.16. The molecule has 0 N–H and O–H groups in total. The third-order valence-electron chi connectivity index (χ3n) is 2.76. The Bertz CT molecular complexity index is 607. The summed E-state index contributed by atoms with van der Waals surface area (Å²) in [6, 6.07) is 16.4. The number of hydrogen-bond donors (Lipinski definition) is 0. The maximum atomic E-state index is 11.9. The summed E-state index contributed by atoms with van der Waals surface area (Å²) >= 11 is 0. The van der Waals surface area contributed by atoms with Crippen LogP contribution in [0.5, 0.6) is 0 Å². The molecule has 0 heterocycles. The van der Waals surface area contributed by atoms with E-state index in [0.29, 0.717) is 5.56 Å². The molecule has 2 aromatic carbocycles. The van der Waals surface area contributed by atoms with Crippen molar-refractivity contribution in [2.45, 2.75) is 6.92 Å². The molecule has 0 aliphatic heterocycles. The number of hydrogen-bond acceptors (Lipinski definition) is 2. The van der Waals surface area contributed by atoms with E-state index in [9.17, 15) is 9.59 Å². The van der Waals surface area contributed by atoms with Crippen molar-refractivity contribution < 1.29 is 9.59 Å². The van der Waals surface area contributed by atoms with Gasteiger partial charge in [-0.05, 0) is 18.6 Å². The van der Waals surface area contributed by atoms with E-state index in [1.54, 1.807) is 18.2 Å². The second-order valence-corrected chi connectivity index (χ2v) is 4.30. The monoisotopic (exact) mass is 250 g/mol. The number of aryl methyl sites for hydroxylation is 1. The minimum atomic E-state index is -0.507. The zero-order valence-corrected chi connectivity index (χ0v) is 10.7. The average molecular weight is 250 g/mol. The fourth-order valence-electron chi connectivity index (χ4n) is 1.66. The van der Waals surface area contributed by atoms with Gasteiger partial charge in [-0.15, -0.1) is 0 Å². The molecule has 0 amide bonds. The number of Topliss-reactive ketones (excluding diaryl/α,β-unsaturated/α-hetero) is 1. The van der Waals surface area contributed by atoms with Crippen molar-refractivity contribution in [2.75, 3.05) is 0 Å². The molecule has 0 radical (unpaired) electrons. The maximum absolute atomic E-state index is 11.9. The SMILES string of the molecule is Cc1ccc(C(=O)C(=O)/C=C/c2ccccc2)cc1. The standard InChI is InChI=1S/C17H14O2/c1-13-7-10-15(11-8-13)17(19)16(18)12-9-14-5-3-2-4-6-14/h2-12H,1H3/b12-9+. The Morgan fingerprint density at radius 3 is 2.16 bits per heavy atom. The Labute approximate surface area is 112 Å². The second-order valence-electron chi connectivity index (χ2n) is 4.30. The van der Waals surface area contributed by atoms with Crippen LogP contribution >= 0.6 is 0 Å². The first-order valence-electron chi connectivity index (χ1n) is 6.05. The molecule has 2 nitrogen and oxygen atoms in total. The molecule has 0 spiro atoms. The third kappa shape index (κ3) is 3.49. The Hall–Kier alpha value is -2.48. The molecule has 0 saturated heterocycles. The fraction of sp³-hybridized carbons (Fsp3) is 0.0588. The maximum Gasteiger partial charge on any atom is 0.232 e. The summed E-state index contributed by atoms with van der Waals surface area (Å²) in [6.45, 7) is 1.94. The van der Waals surface area contributed by atoms with Crippen LogP contribution in [0.2, 0.25) is 0 Å². The molecule has 2 rings (SSSR count). The summed E-state index contributed by atoms with van der Waals surface area (Å²) in [5.74, 6) is -0.986. The Balaban J connectivity index is 2.10. The van der Waals surface area contributed by atoms with Gasteiger partial charge < -0.3 is 0 Å². The zero-order chi connectivity index (χ0) is 13.7. The van der Waals surface area contributed by atoms with Crippen LogP contribution in [0.4, 0.5) is 0 Å². The molecular formula is C17H14O2. The first kappa shape index (κ1) is 13.0. The largest absolute Gasteiger partial charge is 0.286 e. The van der Waals surface area contributed by atoms with E-state index >= 15 is 0 Å². The van der Waals surface area contributed by atoms with Gasteiger partial charge in [0.15, 0.2) is 0 Å². The van der Waals surface area contributed by atoms with Crippen molar-refractivity contribution in [2.24, 2.45) is 0 Å². The van der Waals surface area contributed by atoms with Crippen LogP contribution in [0.15, 0.2) is 60.7 Å². The summed E-state index contributed by atoms with van der Waals surface area (Å²) in [6.07, 6.45) is 2.96. The van der Waals surface area contributed by atoms with Crippen molar-refractivity contribution >= 4 is 17.6 Å². The predicted molar refractivity (Wildman–Crippen MR) is 76.0 cm³/mol. The van der Waals surface area contributed by atoms with Gasteiger partial charge in [-0.2, -0.15) is 0 Å². The number of ketones is 2. The van der Waals surface area contributed by atoms with Crippen LogP contribution in [-0.4, -0.2) is 11.6 Å². The van der Waals surface area contributed by atoms with Crippen molar-refractivity contribution in [1.82, 2.24) is 0 Å². The molecule has 19 heavy (non-hydrogen) atoms. The molecule has 0 aliphatic rings. The third-order valence-corrected chi connectivity index (χ3v) is 2.76. The van der Waals surface area contributed by atoms with Gasteiger partial charge in [-0.1, -0.05) is 66.2 Å². The van der Waals surface area contributed by atoms with Gasteiger partial charge in [-0.25, -0.2) is 0 Å². The van der Waals surface area contributed by atoms with E-state index < -0.39 is 11.6 Å². The number of rotatable bonds is 4. The van der Waals surface area contributed by atoms with Crippen LogP contribution in [0.25, 0.3) is 6.08 Å². The van der Waals surface area contributed by atoms with Crippen molar-refractivity contribution in [3.63, 3.8) is 0 Å². The summed E-state index contributed by atoms with van der Waals surface area (Å²) in [5.41, 5.74) is 2.38. The molecule has 0 unspecified atom stereocenters. The topological polar surface area (TPSA) is 34.1 Å². The summed E-state index contributed by atoms with van der Waals surface area (Å²) in [7, 11) is 0. The summed E-state index contributed by atoms with van der Waals surface area (Å²) in [5, 5.41) is 0. The molecule has 0 aliphatic carbocycles. The Morgan fingerprint density at radius 1 is 0.895 bits per heavy atom. The molecule has 0 aromatic heterocycles. The zero-order valence-electron chi connectivity index (χ0n) is 10.7. The Morgan fingerprint density at radius 2 is 1.53 bits per heavy atom. The average Bonchev–Trinajstić information content (AvgIpc) is 2.46. The van der Waals surface area contributed by atoms with Crippen LogP contribution in [0.3, 0.4) is 0 Å². The summed E-state index contributed by atoms with van der Waals surface area (Å²) < 4.78 is 0. The molecule has 94 valence electrons. The molecule has 0 bridgehead atoms. The predicted octanol–water partition coefficient (Wildman–Crippen LogP) is 3.46. The smallest absolute Gasteiger partial charge is 0.232 e. The van der Waals surface area contributed by atoms with E-state index in [1.165, 1.54) is 6.08 Å². The highest BCUT2D eigenvalue weighted by atomic mass is 16.2. The van der Waals surface area contributed by atoms with E-state index in [0.717, 1.165) is 11.1 Å². The van der Waals surface area contributed by atoms with Gasteiger partial charge in [0.05, 0.1) is 0 Å². The fourth-order valence-corrected chi connectivity index (χ4v) is 1.66. The minimum absolute atomic E-state index is 0.424. The van der Waals surface area contributed by atoms with Crippen LogP contribution in [-0.2, 0) is 4.79 Å². The lowest BCUT2D eigenvalue weighted by Crippen LogP contribution is -2.10. The van der Waals surface area contributed by atoms with Gasteiger partial charge in [0.2, 0.25) is 11.6 Å². The van der Waals surface area contributed by atoms with E-state index in [4.69, 9.17) is 0 Å². The van der Waals surface area contributed by atoms with Crippen molar-refractivity contribution in [1.29, 1.82) is 0 Å². The lowest BCUT2D eigenvalue weighted by molar-refractivity contribution is -0.110. The lowest BCUT2D eigenvalue weighted by atomic mass is 10.0. The molecule has 2 aromatic rings. The number of carbonyl (C=O) groups is 2. The van der Waals surface area contributed by atoms with E-state index in [1.807, 2.05) is 49.4 Å². The number of benzene rings is 2. The first-order valence-corrected chi connectivity index (χ1v) is 6.05. The van der Waals surface area contributed by atoms with Gasteiger partial charge in [0.1, 0.15) is 0 Å². The molecule has 0 fully saturated rings. The molecule has 2 heteroatoms. The van der Waals surface area contributed by atoms with Gasteiger partial charge in [-0.3, -0.25) is 9.59 Å². The highest BCUT2D eigenvalue weighted by molar-refractivity contribution is 6.48. The molecule has 0 atom stereocenters. The highest BCUT2D eigenvalue weighted by Crippen LogP contribution is 2.06. The van der Waals surface area contributed by atoms with Crippen LogP contribution in [0, 0.1) is 6.92 Å². The van der Waals surface area contributed by atoms with Crippen LogP contribution in [0.1, 0.15) is 21.5 Å². The van der Waals surface area contributed by atoms with Crippen molar-refractivity contribution in [3.8, 4) is 0 Å². The van der Waals surface area contributed by atoms with E-state index in [2.05, 4.69) is 0 Å². The van der Waals surface area contributed by atoms with E-state index in [-0.39, 0.29) is 0 Å². The number of carbonyl (C=O) groups excluding carboxylic acids is 2. The van der Waals surface area contributed by atoms with Crippen molar-refractivity contribution in [3.05, 3.63) is 77.4 Å². The normalized spacial score (nSPS) is 10.6. The molecular weight excluding hydrogens is 236 g/mol. The second kappa shape index (κ2) is 5.91. The summed E-state index contributed by atoms with van der Waals surface area (Å²) in [4.78, 5) is 23.6. The van der Waals surface area contributed by atoms with Gasteiger partial charge in [0, 0.05) is 5.56 Å². The highest BCUT2D eigenvalue weighted by Gasteiger charge is 2.12. The lowest BCUT2D eigenvalue weighted by Gasteiger charge is -1.98. The molecule has 0 saturated carbocycles. The van der Waals surface area contributed by atoms with Crippen LogP contribution < -0.4 is 0 Å². The van der Waals surface area contributed by atoms with Gasteiger partial charge >= 0.3 is 0 Å². The number of allylic oxidation sites excluding steroid dienone is 1.